The minimum absolute atomic E-state index is 0.00220. The number of rotatable bonds is 5. The number of carbonyl (C=O) groups excluding carboxylic acids is 1. The third kappa shape index (κ3) is 3.94. The molecule has 1 heterocycles. The molecule has 0 bridgehead atoms. The molecule has 5 nitrogen and oxygen atoms in total. The van der Waals surface area contributed by atoms with E-state index >= 15 is 0 Å². The molecule has 25 heavy (non-hydrogen) atoms. The van der Waals surface area contributed by atoms with Crippen LogP contribution in [0.15, 0.2) is 48.5 Å². The summed E-state index contributed by atoms with van der Waals surface area (Å²) in [6.45, 7) is 0.352. The highest BCUT2D eigenvalue weighted by Gasteiger charge is 2.35. The minimum Gasteiger partial charge on any atom is -0.497 e. The van der Waals surface area contributed by atoms with Gasteiger partial charge in [0.15, 0.2) is 0 Å². The van der Waals surface area contributed by atoms with Gasteiger partial charge in [-0.2, -0.15) is 0 Å². The highest BCUT2D eigenvalue weighted by Crippen LogP contribution is 2.34. The van der Waals surface area contributed by atoms with Crippen LogP contribution in [0.25, 0.3) is 0 Å². The zero-order chi connectivity index (χ0) is 17.8. The van der Waals surface area contributed by atoms with Gasteiger partial charge in [0.25, 0.3) is 0 Å². The molecule has 1 amide bonds. The summed E-state index contributed by atoms with van der Waals surface area (Å²) in [4.78, 5) is 14.6. The van der Waals surface area contributed by atoms with Gasteiger partial charge in [0.2, 0.25) is 5.91 Å². The molecule has 0 aromatic heterocycles. The molecule has 2 aromatic carbocycles. The van der Waals surface area contributed by atoms with E-state index in [0.29, 0.717) is 13.0 Å². The van der Waals surface area contributed by atoms with E-state index in [2.05, 4.69) is 0 Å². The molecule has 3 rings (SSSR count). The van der Waals surface area contributed by atoms with E-state index in [4.69, 9.17) is 9.47 Å². The van der Waals surface area contributed by atoms with Crippen LogP contribution in [0.4, 0.5) is 0 Å². The van der Waals surface area contributed by atoms with Crippen LogP contribution in [0, 0.1) is 0 Å². The predicted octanol–water partition coefficient (Wildman–Crippen LogP) is 2.58. The molecule has 0 spiro atoms. The van der Waals surface area contributed by atoms with Crippen LogP contribution in [-0.2, 0) is 11.2 Å². The van der Waals surface area contributed by atoms with E-state index in [1.165, 1.54) is 0 Å². The van der Waals surface area contributed by atoms with Crippen molar-refractivity contribution >= 4 is 5.91 Å². The summed E-state index contributed by atoms with van der Waals surface area (Å²) in [6, 6.07) is 15.0. The van der Waals surface area contributed by atoms with E-state index < -0.39 is 6.10 Å². The lowest BCUT2D eigenvalue weighted by molar-refractivity contribution is -0.131. The van der Waals surface area contributed by atoms with Crippen molar-refractivity contribution in [3.05, 3.63) is 59.7 Å². The lowest BCUT2D eigenvalue weighted by Crippen LogP contribution is -2.33. The van der Waals surface area contributed by atoms with Crippen LogP contribution >= 0.6 is 0 Å². The highest BCUT2D eigenvalue weighted by molar-refractivity contribution is 5.79. The molecule has 0 radical (unpaired) electrons. The second kappa shape index (κ2) is 7.57. The Balaban J connectivity index is 1.79. The van der Waals surface area contributed by atoms with Crippen molar-refractivity contribution in [1.29, 1.82) is 0 Å². The van der Waals surface area contributed by atoms with Gasteiger partial charge in [-0.15, -0.1) is 0 Å². The fourth-order valence-electron chi connectivity index (χ4n) is 3.31. The molecule has 1 saturated heterocycles. The molecule has 0 unspecified atom stereocenters. The van der Waals surface area contributed by atoms with Crippen LogP contribution in [0.1, 0.15) is 23.6 Å². The second-order valence-electron chi connectivity index (χ2n) is 6.26. The Hall–Kier alpha value is -2.53. The van der Waals surface area contributed by atoms with E-state index in [0.717, 1.165) is 22.6 Å². The number of hydrogen-bond acceptors (Lipinski definition) is 4. The Bertz CT molecular complexity index is 746. The quantitative estimate of drug-likeness (QED) is 0.908. The summed E-state index contributed by atoms with van der Waals surface area (Å²) in [6.07, 6.45) is 0.312. The standard InChI is InChI=1S/C20H23NO4/c1-24-17-7-3-5-14(9-17)10-20(23)21-13-16(22)12-19(21)15-6-4-8-18(11-15)25-2/h3-9,11,16,19,22H,10,12-13H2,1-2H3/t16-,19+/m1/s1. The van der Waals surface area contributed by atoms with Gasteiger partial charge >= 0.3 is 0 Å². The van der Waals surface area contributed by atoms with Gasteiger partial charge in [-0.05, 0) is 41.8 Å². The summed E-state index contributed by atoms with van der Waals surface area (Å²) in [5.41, 5.74) is 1.88. The Kier molecular flexibility index (Phi) is 5.24. The summed E-state index contributed by atoms with van der Waals surface area (Å²) in [7, 11) is 3.23. The van der Waals surface area contributed by atoms with Crippen molar-refractivity contribution in [2.45, 2.75) is 25.0 Å². The normalized spacial score (nSPS) is 19.7. The van der Waals surface area contributed by atoms with E-state index in [1.54, 1.807) is 19.1 Å². The average Bonchev–Trinajstić information content (AvgIpc) is 3.04. The van der Waals surface area contributed by atoms with E-state index in [9.17, 15) is 9.90 Å². The van der Waals surface area contributed by atoms with Gasteiger partial charge in [0, 0.05) is 6.54 Å². The fraction of sp³-hybridized carbons (Fsp3) is 0.350. The van der Waals surface area contributed by atoms with Crippen molar-refractivity contribution in [3.8, 4) is 11.5 Å². The maximum absolute atomic E-state index is 12.8. The highest BCUT2D eigenvalue weighted by atomic mass is 16.5. The summed E-state index contributed by atoms with van der Waals surface area (Å²) in [5, 5.41) is 10.1. The largest absolute Gasteiger partial charge is 0.497 e. The Morgan fingerprint density at radius 1 is 1.12 bits per heavy atom. The van der Waals surface area contributed by atoms with Crippen LogP contribution < -0.4 is 9.47 Å². The number of likely N-dealkylation sites (tertiary alicyclic amines) is 1. The van der Waals surface area contributed by atoms with Gasteiger partial charge < -0.3 is 19.5 Å². The number of nitrogens with zero attached hydrogens (tertiary/aromatic N) is 1. The van der Waals surface area contributed by atoms with Gasteiger partial charge in [0.05, 0.1) is 32.8 Å². The maximum Gasteiger partial charge on any atom is 0.227 e. The summed E-state index contributed by atoms with van der Waals surface area (Å²) < 4.78 is 10.5. The Labute approximate surface area is 147 Å². The van der Waals surface area contributed by atoms with Crippen LogP contribution in [0.3, 0.4) is 0 Å². The molecule has 2 atom stereocenters. The first-order valence-corrected chi connectivity index (χ1v) is 8.35. The second-order valence-corrected chi connectivity index (χ2v) is 6.26. The number of amides is 1. The van der Waals surface area contributed by atoms with Crippen molar-refractivity contribution in [3.63, 3.8) is 0 Å². The first kappa shape index (κ1) is 17.3. The fourth-order valence-corrected chi connectivity index (χ4v) is 3.31. The number of benzene rings is 2. The summed E-state index contributed by atoms with van der Waals surface area (Å²) >= 11 is 0. The van der Waals surface area contributed by atoms with E-state index in [-0.39, 0.29) is 18.4 Å². The SMILES string of the molecule is COc1cccc(CC(=O)N2C[C@H](O)C[C@H]2c2cccc(OC)c2)c1. The molecular formula is C20H23NO4. The van der Waals surface area contributed by atoms with Gasteiger partial charge in [-0.3, -0.25) is 4.79 Å². The van der Waals surface area contributed by atoms with Crippen LogP contribution in [0.5, 0.6) is 11.5 Å². The Morgan fingerprint density at radius 2 is 1.80 bits per heavy atom. The molecule has 0 saturated carbocycles. The number of aliphatic hydroxyl groups excluding tert-OH is 1. The number of aliphatic hydroxyl groups is 1. The summed E-state index contributed by atoms with van der Waals surface area (Å²) in [5.74, 6) is 1.48. The number of ether oxygens (including phenoxy) is 2. The zero-order valence-corrected chi connectivity index (χ0v) is 14.5. The maximum atomic E-state index is 12.8. The third-order valence-corrected chi connectivity index (χ3v) is 4.57. The van der Waals surface area contributed by atoms with Crippen molar-refractivity contribution in [2.24, 2.45) is 0 Å². The lowest BCUT2D eigenvalue weighted by Gasteiger charge is -2.25. The molecule has 1 N–H and O–H groups in total. The molecule has 132 valence electrons. The minimum atomic E-state index is -0.509. The Morgan fingerprint density at radius 3 is 2.52 bits per heavy atom. The number of hydrogen-bond donors (Lipinski definition) is 1. The lowest BCUT2D eigenvalue weighted by atomic mass is 10.0. The number of carbonyl (C=O) groups is 1. The number of β-amino-alcohol motifs (C(OH)–C–C–N with tert-alkyl or cyclic N) is 1. The number of methoxy groups -OCH3 is 2. The van der Waals surface area contributed by atoms with Gasteiger partial charge in [-0.25, -0.2) is 0 Å². The van der Waals surface area contributed by atoms with Crippen molar-refractivity contribution in [2.75, 3.05) is 20.8 Å². The smallest absolute Gasteiger partial charge is 0.227 e. The average molecular weight is 341 g/mol. The molecule has 0 aliphatic carbocycles. The van der Waals surface area contributed by atoms with Gasteiger partial charge in [0.1, 0.15) is 11.5 Å². The molecule has 1 aliphatic heterocycles. The van der Waals surface area contributed by atoms with Gasteiger partial charge in [-0.1, -0.05) is 24.3 Å². The first-order valence-electron chi connectivity index (χ1n) is 8.35. The molecule has 2 aromatic rings. The molecule has 1 aliphatic rings. The topological polar surface area (TPSA) is 59.0 Å². The monoisotopic (exact) mass is 341 g/mol. The molecule has 5 heteroatoms. The predicted molar refractivity (Wildman–Crippen MR) is 94.8 cm³/mol. The third-order valence-electron chi connectivity index (χ3n) is 4.57. The zero-order valence-electron chi connectivity index (χ0n) is 14.5. The molecular weight excluding hydrogens is 318 g/mol. The molecule has 1 fully saturated rings. The van der Waals surface area contributed by atoms with Crippen LogP contribution in [0.2, 0.25) is 0 Å². The van der Waals surface area contributed by atoms with Crippen molar-refractivity contribution in [1.82, 2.24) is 4.90 Å². The van der Waals surface area contributed by atoms with Crippen LogP contribution in [-0.4, -0.2) is 42.8 Å². The van der Waals surface area contributed by atoms with Crippen molar-refractivity contribution < 1.29 is 19.4 Å². The first-order chi connectivity index (χ1) is 12.1. The van der Waals surface area contributed by atoms with E-state index in [1.807, 2.05) is 48.5 Å².